The van der Waals surface area contributed by atoms with Gasteiger partial charge in [-0.3, -0.25) is 10.1 Å². The highest BCUT2D eigenvalue weighted by atomic mass is 32.2. The second kappa shape index (κ2) is 4.78. The third-order valence-electron chi connectivity index (χ3n) is 3.72. The fraction of sp³-hybridized carbons (Fsp3) is 0.417. The van der Waals surface area contributed by atoms with Crippen molar-refractivity contribution in [2.75, 3.05) is 11.5 Å². The van der Waals surface area contributed by atoms with Crippen LogP contribution in [0, 0.1) is 0 Å². The van der Waals surface area contributed by atoms with Crippen LogP contribution in [0.15, 0.2) is 24.5 Å². The molecule has 0 aromatic carbocycles. The fourth-order valence-corrected chi connectivity index (χ4v) is 4.44. The first-order valence-corrected chi connectivity index (χ1v) is 8.21. The second-order valence-corrected chi connectivity index (χ2v) is 7.34. The first-order valence-electron chi connectivity index (χ1n) is 6.39. The molecule has 0 bridgehead atoms. The van der Waals surface area contributed by atoms with Crippen LogP contribution >= 0.6 is 0 Å². The molecule has 0 spiro atoms. The van der Waals surface area contributed by atoms with Crippen LogP contribution in [0.5, 0.6) is 0 Å². The maximum absolute atomic E-state index is 11.6. The van der Waals surface area contributed by atoms with Gasteiger partial charge in [-0.05, 0) is 18.6 Å². The number of carbonyl (C=O) groups is 1. The number of hydrogen-bond donors (Lipinski definition) is 2. The Morgan fingerprint density at radius 2 is 2.29 bits per heavy atom. The molecule has 1 saturated heterocycles. The number of fused-ring (bicyclic) bond motifs is 1. The predicted octanol–water partition coefficient (Wildman–Crippen LogP) is -0.539. The summed E-state index contributed by atoms with van der Waals surface area (Å²) in [6, 6.07) is 3.57. The summed E-state index contributed by atoms with van der Waals surface area (Å²) in [6.45, 7) is 0.219. The van der Waals surface area contributed by atoms with E-state index in [2.05, 4.69) is 15.5 Å². The van der Waals surface area contributed by atoms with Crippen LogP contribution in [0.25, 0.3) is 5.52 Å². The number of sulfone groups is 1. The van der Waals surface area contributed by atoms with Gasteiger partial charge in [-0.15, -0.1) is 0 Å². The molecule has 2 aromatic rings. The molecule has 1 aliphatic rings. The highest BCUT2D eigenvalue weighted by Gasteiger charge is 2.48. The van der Waals surface area contributed by atoms with Gasteiger partial charge >= 0.3 is 5.97 Å². The third-order valence-corrected chi connectivity index (χ3v) is 5.48. The van der Waals surface area contributed by atoms with Crippen LogP contribution in [0.1, 0.15) is 12.0 Å². The van der Waals surface area contributed by atoms with E-state index in [0.717, 1.165) is 11.1 Å². The third kappa shape index (κ3) is 2.49. The van der Waals surface area contributed by atoms with E-state index in [0.29, 0.717) is 0 Å². The summed E-state index contributed by atoms with van der Waals surface area (Å²) >= 11 is 0. The summed E-state index contributed by atoms with van der Waals surface area (Å²) in [4.78, 5) is 11.5. The molecular formula is C12H14N4O4S. The molecule has 112 valence electrons. The molecule has 21 heavy (non-hydrogen) atoms. The standard InChI is InChI=1S/C12H14N4O4S/c17-11(18)12(3-5-21(19,20)8-12)13-6-9-7-15-16-10(9)2-1-4-14-16/h1-2,4,7,13H,3,5-6,8H2,(H,17,18). The highest BCUT2D eigenvalue weighted by molar-refractivity contribution is 7.91. The van der Waals surface area contributed by atoms with E-state index in [9.17, 15) is 18.3 Å². The van der Waals surface area contributed by atoms with Gasteiger partial charge in [-0.2, -0.15) is 14.8 Å². The number of hydrogen-bond acceptors (Lipinski definition) is 6. The molecule has 2 N–H and O–H groups in total. The van der Waals surface area contributed by atoms with Crippen molar-refractivity contribution < 1.29 is 18.3 Å². The number of carboxylic acid groups (broad SMARTS) is 1. The Morgan fingerprint density at radius 1 is 1.48 bits per heavy atom. The first kappa shape index (κ1) is 14.0. The Labute approximate surface area is 120 Å². The van der Waals surface area contributed by atoms with Gasteiger partial charge in [0, 0.05) is 18.3 Å². The van der Waals surface area contributed by atoms with E-state index < -0.39 is 21.3 Å². The molecule has 8 nitrogen and oxygen atoms in total. The lowest BCUT2D eigenvalue weighted by Gasteiger charge is -2.23. The molecule has 1 aliphatic heterocycles. The van der Waals surface area contributed by atoms with Crippen molar-refractivity contribution in [3.63, 3.8) is 0 Å². The molecule has 0 amide bonds. The number of aromatic nitrogens is 3. The zero-order chi connectivity index (χ0) is 15.1. The zero-order valence-electron chi connectivity index (χ0n) is 11.1. The predicted molar refractivity (Wildman–Crippen MR) is 73.5 cm³/mol. The van der Waals surface area contributed by atoms with Crippen LogP contribution < -0.4 is 5.32 Å². The van der Waals surface area contributed by atoms with Gasteiger partial charge < -0.3 is 5.11 Å². The topological polar surface area (TPSA) is 114 Å². The number of carboxylic acids is 1. The number of nitrogens with one attached hydrogen (secondary N) is 1. The lowest BCUT2D eigenvalue weighted by atomic mass is 9.99. The molecule has 2 aromatic heterocycles. The highest BCUT2D eigenvalue weighted by Crippen LogP contribution is 2.24. The Hall–Kier alpha value is -2.00. The van der Waals surface area contributed by atoms with Gasteiger partial charge in [0.05, 0.1) is 23.2 Å². The maximum Gasteiger partial charge on any atom is 0.325 e. The number of nitrogens with zero attached hydrogens (tertiary/aromatic N) is 3. The van der Waals surface area contributed by atoms with Crippen molar-refractivity contribution >= 4 is 21.3 Å². The normalized spacial score (nSPS) is 24.4. The molecule has 0 saturated carbocycles. The minimum absolute atomic E-state index is 0.0716. The molecular weight excluding hydrogens is 296 g/mol. The summed E-state index contributed by atoms with van der Waals surface area (Å²) in [6.07, 6.45) is 3.26. The minimum Gasteiger partial charge on any atom is -0.480 e. The smallest absolute Gasteiger partial charge is 0.325 e. The van der Waals surface area contributed by atoms with Crippen LogP contribution in [-0.4, -0.2) is 51.4 Å². The van der Waals surface area contributed by atoms with Crippen LogP contribution in [0.4, 0.5) is 0 Å². The lowest BCUT2D eigenvalue weighted by Crippen LogP contribution is -2.52. The zero-order valence-corrected chi connectivity index (χ0v) is 11.9. The van der Waals surface area contributed by atoms with Gasteiger partial charge in [-0.25, -0.2) is 8.42 Å². The van der Waals surface area contributed by atoms with Crippen molar-refractivity contribution in [1.82, 2.24) is 20.1 Å². The molecule has 9 heteroatoms. The second-order valence-electron chi connectivity index (χ2n) is 5.15. The minimum atomic E-state index is -3.31. The average molecular weight is 310 g/mol. The molecule has 1 atom stereocenters. The molecule has 3 heterocycles. The van der Waals surface area contributed by atoms with Crippen molar-refractivity contribution in [1.29, 1.82) is 0 Å². The van der Waals surface area contributed by atoms with E-state index >= 15 is 0 Å². The van der Waals surface area contributed by atoms with Crippen LogP contribution in [-0.2, 0) is 21.2 Å². The Kier molecular flexibility index (Phi) is 3.18. The van der Waals surface area contributed by atoms with E-state index in [1.807, 2.05) is 6.07 Å². The van der Waals surface area contributed by atoms with E-state index in [-0.39, 0.29) is 24.5 Å². The summed E-state index contributed by atoms with van der Waals surface area (Å²) < 4.78 is 24.6. The van der Waals surface area contributed by atoms with Gasteiger partial charge in [0.15, 0.2) is 9.84 Å². The summed E-state index contributed by atoms with van der Waals surface area (Å²) in [7, 11) is -3.31. The van der Waals surface area contributed by atoms with E-state index in [1.54, 1.807) is 18.5 Å². The number of aliphatic carboxylic acids is 1. The summed E-state index contributed by atoms with van der Waals surface area (Å²) in [5, 5.41) is 20.3. The quantitative estimate of drug-likeness (QED) is 0.779. The molecule has 3 rings (SSSR count). The van der Waals surface area contributed by atoms with Gasteiger partial charge in [0.2, 0.25) is 0 Å². The first-order chi connectivity index (χ1) is 9.92. The van der Waals surface area contributed by atoms with Crippen molar-refractivity contribution in [2.24, 2.45) is 0 Å². The average Bonchev–Trinajstić information content (AvgIpc) is 2.98. The van der Waals surface area contributed by atoms with Crippen LogP contribution in [0.2, 0.25) is 0 Å². The molecule has 1 unspecified atom stereocenters. The molecule has 1 fully saturated rings. The van der Waals surface area contributed by atoms with Gasteiger partial charge in [-0.1, -0.05) is 0 Å². The van der Waals surface area contributed by atoms with Gasteiger partial charge in [0.25, 0.3) is 0 Å². The molecule has 0 aliphatic carbocycles. The largest absolute Gasteiger partial charge is 0.480 e. The Bertz CT molecular complexity index is 800. The summed E-state index contributed by atoms with van der Waals surface area (Å²) in [5.41, 5.74) is 0.106. The van der Waals surface area contributed by atoms with Crippen molar-refractivity contribution in [3.8, 4) is 0 Å². The van der Waals surface area contributed by atoms with Crippen LogP contribution in [0.3, 0.4) is 0 Å². The summed E-state index contributed by atoms with van der Waals surface area (Å²) in [5.74, 6) is -1.63. The Balaban J connectivity index is 1.84. The maximum atomic E-state index is 11.6. The van der Waals surface area contributed by atoms with E-state index in [1.165, 1.54) is 4.63 Å². The molecule has 0 radical (unpaired) electrons. The van der Waals surface area contributed by atoms with Crippen molar-refractivity contribution in [2.45, 2.75) is 18.5 Å². The Morgan fingerprint density at radius 3 is 2.95 bits per heavy atom. The fourth-order valence-electron chi connectivity index (χ4n) is 2.52. The SMILES string of the molecule is O=C(O)C1(NCc2cnn3ncccc23)CCS(=O)(=O)C1. The van der Waals surface area contributed by atoms with E-state index in [4.69, 9.17) is 0 Å². The number of rotatable bonds is 4. The lowest BCUT2D eigenvalue weighted by molar-refractivity contribution is -0.143. The monoisotopic (exact) mass is 310 g/mol. The van der Waals surface area contributed by atoms with Crippen molar-refractivity contribution in [3.05, 3.63) is 30.1 Å². The van der Waals surface area contributed by atoms with Gasteiger partial charge in [0.1, 0.15) is 5.54 Å².